The Morgan fingerprint density at radius 2 is 0.929 bits per heavy atom. The smallest absolute Gasteiger partial charge is 0.166 e. The molecule has 262 valence electrons. The molecular formula is C51H32N4O. The van der Waals surface area contributed by atoms with Crippen molar-refractivity contribution >= 4 is 43.7 Å². The van der Waals surface area contributed by atoms with Gasteiger partial charge in [0.25, 0.3) is 0 Å². The van der Waals surface area contributed by atoms with Crippen molar-refractivity contribution in [1.29, 1.82) is 0 Å². The molecule has 0 saturated heterocycles. The molecule has 0 bridgehead atoms. The van der Waals surface area contributed by atoms with Crippen LogP contribution in [0.3, 0.4) is 0 Å². The van der Waals surface area contributed by atoms with Gasteiger partial charge in [-0.3, -0.25) is 0 Å². The maximum atomic E-state index is 6.74. The number of aromatic nitrogens is 4. The fourth-order valence-electron chi connectivity index (χ4n) is 8.12. The highest BCUT2D eigenvalue weighted by molar-refractivity contribution is 6.18. The van der Waals surface area contributed by atoms with Gasteiger partial charge in [-0.05, 0) is 47.0 Å². The number of hydrogen-bond donors (Lipinski definition) is 0. The summed E-state index contributed by atoms with van der Waals surface area (Å²) in [6.45, 7) is 0. The van der Waals surface area contributed by atoms with Crippen molar-refractivity contribution in [2.24, 2.45) is 0 Å². The normalized spacial score (nSPS) is 11.6. The highest BCUT2D eigenvalue weighted by Crippen LogP contribution is 2.43. The van der Waals surface area contributed by atoms with Gasteiger partial charge in [-0.25, -0.2) is 15.0 Å². The number of benzene rings is 8. The third kappa shape index (κ3) is 5.21. The first-order valence-electron chi connectivity index (χ1n) is 18.8. The number of rotatable bonds is 6. The van der Waals surface area contributed by atoms with Crippen LogP contribution < -0.4 is 0 Å². The largest absolute Gasteiger partial charge is 0.455 e. The summed E-state index contributed by atoms with van der Waals surface area (Å²) < 4.78 is 9.11. The van der Waals surface area contributed by atoms with Crippen LogP contribution in [0.1, 0.15) is 0 Å². The Bertz CT molecular complexity index is 3240. The summed E-state index contributed by atoms with van der Waals surface area (Å²) >= 11 is 0. The van der Waals surface area contributed by atoms with E-state index in [2.05, 4.69) is 168 Å². The van der Waals surface area contributed by atoms with Crippen molar-refractivity contribution in [3.63, 3.8) is 0 Å². The van der Waals surface area contributed by atoms with Crippen LogP contribution >= 0.6 is 0 Å². The van der Waals surface area contributed by atoms with Crippen molar-refractivity contribution in [3.05, 3.63) is 194 Å². The minimum absolute atomic E-state index is 0.601. The van der Waals surface area contributed by atoms with Crippen LogP contribution in [-0.4, -0.2) is 19.5 Å². The molecular weight excluding hydrogens is 685 g/mol. The van der Waals surface area contributed by atoms with E-state index in [1.807, 2.05) is 30.3 Å². The highest BCUT2D eigenvalue weighted by Gasteiger charge is 2.23. The van der Waals surface area contributed by atoms with E-state index in [0.717, 1.165) is 88.4 Å². The van der Waals surface area contributed by atoms with Gasteiger partial charge in [-0.15, -0.1) is 0 Å². The molecule has 0 radical (unpaired) electrons. The number of para-hydroxylation sites is 3. The lowest BCUT2D eigenvalue weighted by Gasteiger charge is -2.14. The zero-order valence-corrected chi connectivity index (χ0v) is 30.2. The molecule has 3 aromatic heterocycles. The molecule has 0 aliphatic rings. The maximum absolute atomic E-state index is 6.74. The molecule has 0 aliphatic carbocycles. The molecule has 8 aromatic carbocycles. The molecule has 5 heteroatoms. The summed E-state index contributed by atoms with van der Waals surface area (Å²) in [7, 11) is 0. The fourth-order valence-corrected chi connectivity index (χ4v) is 8.12. The van der Waals surface area contributed by atoms with Crippen LogP contribution in [0, 0.1) is 0 Å². The van der Waals surface area contributed by atoms with Gasteiger partial charge in [0.15, 0.2) is 17.5 Å². The summed E-state index contributed by atoms with van der Waals surface area (Å²) in [6.07, 6.45) is 0. The molecule has 0 atom stereocenters. The van der Waals surface area contributed by atoms with Crippen LogP contribution in [0.5, 0.6) is 0 Å². The van der Waals surface area contributed by atoms with Gasteiger partial charge < -0.3 is 8.98 Å². The molecule has 0 saturated carbocycles. The highest BCUT2D eigenvalue weighted by atomic mass is 16.3. The van der Waals surface area contributed by atoms with E-state index >= 15 is 0 Å². The van der Waals surface area contributed by atoms with Crippen molar-refractivity contribution in [2.75, 3.05) is 0 Å². The first-order valence-corrected chi connectivity index (χ1v) is 18.8. The lowest BCUT2D eigenvalue weighted by Crippen LogP contribution is -2.02. The van der Waals surface area contributed by atoms with Gasteiger partial charge in [0.05, 0.1) is 22.1 Å². The molecule has 3 heterocycles. The molecule has 11 rings (SSSR count). The molecule has 0 unspecified atom stereocenters. The summed E-state index contributed by atoms with van der Waals surface area (Å²) in [5, 5.41) is 4.37. The summed E-state index contributed by atoms with van der Waals surface area (Å²) in [5.74, 6) is 1.83. The Labute approximate surface area is 322 Å². The van der Waals surface area contributed by atoms with Crippen molar-refractivity contribution in [3.8, 4) is 62.1 Å². The third-order valence-corrected chi connectivity index (χ3v) is 10.7. The Hall–Kier alpha value is -7.63. The first-order chi connectivity index (χ1) is 27.8. The molecule has 0 spiro atoms. The molecule has 0 N–H and O–H groups in total. The number of furan rings is 1. The lowest BCUT2D eigenvalue weighted by atomic mass is 10.0. The topological polar surface area (TPSA) is 56.7 Å². The standard InChI is InChI=1S/C51H32N4O/c1-4-16-33(17-5-1)36-22-12-23-37(32-36)50-52-49(35-20-8-3-9-21-35)53-51(54-50)42-28-14-26-40-39-24-10-11-29-43(39)55(47(40)42)44-30-15-31-45-46(44)41-27-13-25-38(48(41)56-45)34-18-6-2-7-19-34/h1-32H. The van der Waals surface area contributed by atoms with Crippen LogP contribution in [-0.2, 0) is 0 Å². The van der Waals surface area contributed by atoms with Crippen molar-refractivity contribution in [1.82, 2.24) is 19.5 Å². The third-order valence-electron chi connectivity index (χ3n) is 10.7. The van der Waals surface area contributed by atoms with E-state index in [-0.39, 0.29) is 0 Å². The summed E-state index contributed by atoms with van der Waals surface area (Å²) in [5.41, 5.74) is 12.0. The minimum atomic E-state index is 0.601. The molecule has 11 aromatic rings. The molecule has 0 amide bonds. The molecule has 56 heavy (non-hydrogen) atoms. The lowest BCUT2D eigenvalue weighted by molar-refractivity contribution is 0.670. The van der Waals surface area contributed by atoms with E-state index in [1.54, 1.807) is 0 Å². The fraction of sp³-hybridized carbons (Fsp3) is 0. The van der Waals surface area contributed by atoms with E-state index in [9.17, 15) is 0 Å². The average Bonchev–Trinajstić information content (AvgIpc) is 3.84. The van der Waals surface area contributed by atoms with Gasteiger partial charge in [-0.1, -0.05) is 164 Å². The predicted octanol–water partition coefficient (Wildman–Crippen LogP) is 13.2. The maximum Gasteiger partial charge on any atom is 0.166 e. The van der Waals surface area contributed by atoms with Crippen molar-refractivity contribution < 1.29 is 4.42 Å². The van der Waals surface area contributed by atoms with Crippen molar-refractivity contribution in [2.45, 2.75) is 0 Å². The van der Waals surface area contributed by atoms with E-state index in [1.165, 1.54) is 0 Å². The zero-order valence-electron chi connectivity index (χ0n) is 30.2. The Kier molecular flexibility index (Phi) is 7.42. The average molecular weight is 717 g/mol. The number of nitrogens with zero attached hydrogens (tertiary/aromatic N) is 4. The molecule has 5 nitrogen and oxygen atoms in total. The molecule has 0 fully saturated rings. The van der Waals surface area contributed by atoms with Gasteiger partial charge in [-0.2, -0.15) is 0 Å². The Morgan fingerprint density at radius 3 is 1.71 bits per heavy atom. The van der Waals surface area contributed by atoms with E-state index in [4.69, 9.17) is 19.4 Å². The molecule has 0 aliphatic heterocycles. The zero-order chi connectivity index (χ0) is 37.0. The summed E-state index contributed by atoms with van der Waals surface area (Å²) in [6, 6.07) is 67.2. The van der Waals surface area contributed by atoms with Crippen LogP contribution in [0.4, 0.5) is 0 Å². The number of fused-ring (bicyclic) bond motifs is 6. The number of hydrogen-bond acceptors (Lipinski definition) is 4. The van der Waals surface area contributed by atoms with Crippen LogP contribution in [0.2, 0.25) is 0 Å². The van der Waals surface area contributed by atoms with E-state index < -0.39 is 0 Å². The predicted molar refractivity (Wildman–Crippen MR) is 229 cm³/mol. The summed E-state index contributed by atoms with van der Waals surface area (Å²) in [4.78, 5) is 15.6. The Morgan fingerprint density at radius 1 is 0.375 bits per heavy atom. The van der Waals surface area contributed by atoms with Gasteiger partial charge in [0, 0.05) is 38.4 Å². The van der Waals surface area contributed by atoms with Crippen LogP contribution in [0.15, 0.2) is 199 Å². The minimum Gasteiger partial charge on any atom is -0.455 e. The second-order valence-electron chi connectivity index (χ2n) is 14.0. The monoisotopic (exact) mass is 716 g/mol. The van der Waals surface area contributed by atoms with Gasteiger partial charge >= 0.3 is 0 Å². The van der Waals surface area contributed by atoms with Crippen LogP contribution in [0.25, 0.3) is 106 Å². The first kappa shape index (κ1) is 31.9. The second-order valence-corrected chi connectivity index (χ2v) is 14.0. The second kappa shape index (κ2) is 13.0. The van der Waals surface area contributed by atoms with E-state index in [0.29, 0.717) is 17.5 Å². The van der Waals surface area contributed by atoms with Gasteiger partial charge in [0.1, 0.15) is 11.2 Å². The quantitative estimate of drug-likeness (QED) is 0.172. The van der Waals surface area contributed by atoms with Gasteiger partial charge in [0.2, 0.25) is 0 Å². The SMILES string of the molecule is c1ccc(-c2cccc(-c3nc(-c4ccccc4)nc(-c4cccc5c6ccccc6n(-c6cccc7oc8c(-c9ccccc9)cccc8c67)c45)n3)c2)cc1. The Balaban J connectivity index is 1.19.